The third-order valence-corrected chi connectivity index (χ3v) is 4.57. The lowest BCUT2D eigenvalue weighted by Crippen LogP contribution is -2.51. The lowest BCUT2D eigenvalue weighted by molar-refractivity contribution is 0.144. The smallest absolute Gasteiger partial charge is 0.0468 e. The summed E-state index contributed by atoms with van der Waals surface area (Å²) in [6, 6.07) is 6.72. The second-order valence-electron chi connectivity index (χ2n) is 6.12. The summed E-state index contributed by atoms with van der Waals surface area (Å²) < 4.78 is 0. The Balaban J connectivity index is 2.06. The molecule has 1 N–H and O–H groups in total. The number of rotatable bonds is 4. The van der Waals surface area contributed by atoms with Crippen LogP contribution < -0.4 is 5.32 Å². The van der Waals surface area contributed by atoms with E-state index in [-0.39, 0.29) is 0 Å². The number of nitrogens with zero attached hydrogens (tertiary/aromatic N) is 1. The Kier molecular flexibility index (Phi) is 5.74. The minimum Gasteiger partial charge on any atom is -0.311 e. The Labute approximate surface area is 132 Å². The summed E-state index contributed by atoms with van der Waals surface area (Å²) in [5.74, 6) is 0.724. The monoisotopic (exact) mass is 314 g/mol. The molecule has 0 radical (unpaired) electrons. The molecular formula is C16H24Cl2N2. The summed E-state index contributed by atoms with van der Waals surface area (Å²) in [4.78, 5) is 2.51. The molecule has 20 heavy (non-hydrogen) atoms. The van der Waals surface area contributed by atoms with Crippen molar-refractivity contribution in [1.82, 2.24) is 10.2 Å². The van der Waals surface area contributed by atoms with E-state index in [0.29, 0.717) is 17.1 Å². The summed E-state index contributed by atoms with van der Waals surface area (Å²) >= 11 is 12.3. The van der Waals surface area contributed by atoms with Gasteiger partial charge in [0, 0.05) is 41.8 Å². The van der Waals surface area contributed by atoms with E-state index in [4.69, 9.17) is 23.2 Å². The minimum absolute atomic E-state index is 0.330. The van der Waals surface area contributed by atoms with Crippen LogP contribution in [-0.2, 0) is 0 Å². The van der Waals surface area contributed by atoms with Crippen molar-refractivity contribution in [3.8, 4) is 0 Å². The molecule has 0 saturated carbocycles. The normalized spacial score (nSPS) is 22.2. The third-order valence-electron chi connectivity index (χ3n) is 4.00. The van der Waals surface area contributed by atoms with Gasteiger partial charge in [0.2, 0.25) is 0 Å². The van der Waals surface area contributed by atoms with E-state index in [1.807, 2.05) is 12.1 Å². The molecule has 0 aromatic heterocycles. The van der Waals surface area contributed by atoms with E-state index in [1.54, 1.807) is 0 Å². The lowest BCUT2D eigenvalue weighted by atomic mass is 9.99. The molecule has 0 amide bonds. The van der Waals surface area contributed by atoms with Crippen LogP contribution in [0.4, 0.5) is 0 Å². The highest BCUT2D eigenvalue weighted by Gasteiger charge is 2.25. The van der Waals surface area contributed by atoms with Crippen molar-refractivity contribution in [2.45, 2.75) is 39.3 Å². The van der Waals surface area contributed by atoms with Crippen LogP contribution in [0, 0.1) is 5.92 Å². The zero-order valence-electron chi connectivity index (χ0n) is 12.5. The highest BCUT2D eigenvalue weighted by atomic mass is 35.5. The van der Waals surface area contributed by atoms with Gasteiger partial charge in [-0.05, 0) is 37.0 Å². The van der Waals surface area contributed by atoms with Crippen LogP contribution in [0.3, 0.4) is 0 Å². The van der Waals surface area contributed by atoms with Crippen molar-refractivity contribution in [3.05, 3.63) is 33.8 Å². The number of hydrogen-bond acceptors (Lipinski definition) is 2. The average molecular weight is 315 g/mol. The highest BCUT2D eigenvalue weighted by Crippen LogP contribution is 2.30. The Hall–Kier alpha value is -0.280. The van der Waals surface area contributed by atoms with Gasteiger partial charge in [-0.3, -0.25) is 4.90 Å². The maximum atomic E-state index is 6.34. The van der Waals surface area contributed by atoms with E-state index in [2.05, 4.69) is 37.1 Å². The summed E-state index contributed by atoms with van der Waals surface area (Å²) in [6.07, 6.45) is 1.22. The molecule has 1 heterocycles. The molecule has 2 atom stereocenters. The SMILES string of the molecule is CC(C)CC1CN(C(C)c2ccc(Cl)cc2Cl)CCN1. The molecule has 112 valence electrons. The summed E-state index contributed by atoms with van der Waals surface area (Å²) in [5.41, 5.74) is 1.17. The molecule has 2 nitrogen and oxygen atoms in total. The standard InChI is InChI=1S/C16H24Cl2N2/c1-11(2)8-14-10-20(7-6-19-14)12(3)15-5-4-13(17)9-16(15)18/h4-5,9,11-12,14,19H,6-8,10H2,1-3H3. The van der Waals surface area contributed by atoms with Crippen LogP contribution >= 0.6 is 23.2 Å². The summed E-state index contributed by atoms with van der Waals surface area (Å²) in [5, 5.41) is 5.08. The predicted molar refractivity (Wildman–Crippen MR) is 87.7 cm³/mol. The van der Waals surface area contributed by atoms with Gasteiger partial charge in [0.25, 0.3) is 0 Å². The van der Waals surface area contributed by atoms with Gasteiger partial charge in [-0.2, -0.15) is 0 Å². The van der Waals surface area contributed by atoms with Crippen molar-refractivity contribution < 1.29 is 0 Å². The first kappa shape index (κ1) is 16.1. The predicted octanol–water partition coefficient (Wildman–Crippen LogP) is 4.37. The van der Waals surface area contributed by atoms with Crippen molar-refractivity contribution in [2.75, 3.05) is 19.6 Å². The number of piperazine rings is 1. The molecular weight excluding hydrogens is 291 g/mol. The van der Waals surface area contributed by atoms with Gasteiger partial charge in [-0.25, -0.2) is 0 Å². The van der Waals surface area contributed by atoms with Gasteiger partial charge in [0.1, 0.15) is 0 Å². The van der Waals surface area contributed by atoms with Gasteiger partial charge < -0.3 is 5.32 Å². The Morgan fingerprint density at radius 3 is 2.70 bits per heavy atom. The topological polar surface area (TPSA) is 15.3 Å². The van der Waals surface area contributed by atoms with Gasteiger partial charge in [0.05, 0.1) is 0 Å². The fraction of sp³-hybridized carbons (Fsp3) is 0.625. The van der Waals surface area contributed by atoms with Crippen LogP contribution in [0.15, 0.2) is 18.2 Å². The molecule has 0 aliphatic carbocycles. The average Bonchev–Trinajstić information content (AvgIpc) is 2.37. The molecule has 2 rings (SSSR count). The molecule has 0 bridgehead atoms. The van der Waals surface area contributed by atoms with E-state index in [1.165, 1.54) is 12.0 Å². The molecule has 1 aliphatic rings. The van der Waals surface area contributed by atoms with Crippen molar-refractivity contribution in [3.63, 3.8) is 0 Å². The lowest BCUT2D eigenvalue weighted by Gasteiger charge is -2.38. The summed E-state index contributed by atoms with van der Waals surface area (Å²) in [6.45, 7) is 9.98. The fourth-order valence-electron chi connectivity index (χ4n) is 2.97. The van der Waals surface area contributed by atoms with Gasteiger partial charge in [0.15, 0.2) is 0 Å². The van der Waals surface area contributed by atoms with Gasteiger partial charge >= 0.3 is 0 Å². The second-order valence-corrected chi connectivity index (χ2v) is 6.96. The van der Waals surface area contributed by atoms with Crippen molar-refractivity contribution in [1.29, 1.82) is 0 Å². The molecule has 1 aliphatic heterocycles. The zero-order chi connectivity index (χ0) is 14.7. The zero-order valence-corrected chi connectivity index (χ0v) is 14.0. The third kappa shape index (κ3) is 4.11. The fourth-order valence-corrected chi connectivity index (χ4v) is 3.53. The van der Waals surface area contributed by atoms with Gasteiger partial charge in [-0.15, -0.1) is 0 Å². The maximum absolute atomic E-state index is 6.34. The number of halogens is 2. The van der Waals surface area contributed by atoms with E-state index in [0.717, 1.165) is 30.6 Å². The molecule has 2 unspecified atom stereocenters. The Bertz CT molecular complexity index is 448. The quantitative estimate of drug-likeness (QED) is 0.887. The van der Waals surface area contributed by atoms with Crippen LogP contribution in [0.25, 0.3) is 0 Å². The number of nitrogens with one attached hydrogen (secondary N) is 1. The first-order chi connectivity index (χ1) is 9.47. The van der Waals surface area contributed by atoms with Gasteiger partial charge in [-0.1, -0.05) is 43.1 Å². The number of benzene rings is 1. The molecule has 1 aromatic rings. The molecule has 1 fully saturated rings. The maximum Gasteiger partial charge on any atom is 0.0468 e. The van der Waals surface area contributed by atoms with Crippen LogP contribution in [-0.4, -0.2) is 30.6 Å². The van der Waals surface area contributed by atoms with Crippen LogP contribution in [0.5, 0.6) is 0 Å². The molecule has 4 heteroatoms. The largest absolute Gasteiger partial charge is 0.311 e. The molecule has 1 aromatic carbocycles. The van der Waals surface area contributed by atoms with E-state index >= 15 is 0 Å². The highest BCUT2D eigenvalue weighted by molar-refractivity contribution is 6.35. The second kappa shape index (κ2) is 7.13. The van der Waals surface area contributed by atoms with Crippen molar-refractivity contribution in [2.24, 2.45) is 5.92 Å². The Morgan fingerprint density at radius 1 is 1.30 bits per heavy atom. The Morgan fingerprint density at radius 2 is 2.05 bits per heavy atom. The van der Waals surface area contributed by atoms with Crippen molar-refractivity contribution >= 4 is 23.2 Å². The van der Waals surface area contributed by atoms with E-state index < -0.39 is 0 Å². The minimum atomic E-state index is 0.330. The first-order valence-corrected chi connectivity index (χ1v) is 8.15. The molecule has 0 spiro atoms. The molecule has 1 saturated heterocycles. The first-order valence-electron chi connectivity index (χ1n) is 7.39. The van der Waals surface area contributed by atoms with Crippen LogP contribution in [0.1, 0.15) is 38.8 Å². The van der Waals surface area contributed by atoms with Crippen LogP contribution in [0.2, 0.25) is 10.0 Å². The summed E-state index contributed by atoms with van der Waals surface area (Å²) in [7, 11) is 0. The van der Waals surface area contributed by atoms with E-state index in [9.17, 15) is 0 Å². The number of hydrogen-bond donors (Lipinski definition) is 1.